The van der Waals surface area contributed by atoms with Crippen molar-refractivity contribution in [1.82, 2.24) is 9.80 Å². The van der Waals surface area contributed by atoms with Crippen LogP contribution < -0.4 is 0 Å². The lowest BCUT2D eigenvalue weighted by Gasteiger charge is -2.36. The zero-order valence-electron chi connectivity index (χ0n) is 13.6. The van der Waals surface area contributed by atoms with Crippen molar-refractivity contribution < 1.29 is 14.6 Å². The third kappa shape index (κ3) is 10.9. The minimum Gasteiger partial charge on any atom is -0.394 e. The molecule has 1 unspecified atom stereocenters. The van der Waals surface area contributed by atoms with Crippen molar-refractivity contribution in [3.05, 3.63) is 0 Å². The molecule has 1 heterocycles. The third-order valence-corrected chi connectivity index (χ3v) is 2.69. The molecule has 1 atom stereocenters. The van der Waals surface area contributed by atoms with Crippen LogP contribution in [-0.2, 0) is 9.53 Å². The van der Waals surface area contributed by atoms with E-state index in [1.165, 1.54) is 0 Å². The lowest BCUT2D eigenvalue weighted by atomic mass is 10.2. The molecular weight excluding hydrogens is 244 g/mol. The maximum Gasteiger partial charge on any atom is 0.210 e. The van der Waals surface area contributed by atoms with Gasteiger partial charge in [-0.25, -0.2) is 0 Å². The SMILES string of the molecule is CC.CN1CCN(C=O)C(CO)C1.COC(C)(C)C. The highest BCUT2D eigenvalue weighted by Gasteiger charge is 2.22. The van der Waals surface area contributed by atoms with Crippen LogP contribution in [0.3, 0.4) is 0 Å². The second-order valence-electron chi connectivity index (χ2n) is 5.26. The van der Waals surface area contributed by atoms with Crippen molar-refractivity contribution >= 4 is 6.41 Å². The Hall–Kier alpha value is -0.650. The molecule has 1 saturated heterocycles. The summed E-state index contributed by atoms with van der Waals surface area (Å²) in [5, 5.41) is 8.88. The minimum atomic E-state index is -0.00810. The lowest BCUT2D eigenvalue weighted by Crippen LogP contribution is -2.52. The molecule has 1 fully saturated rings. The van der Waals surface area contributed by atoms with E-state index in [1.54, 1.807) is 12.0 Å². The van der Waals surface area contributed by atoms with E-state index in [2.05, 4.69) is 4.90 Å². The van der Waals surface area contributed by atoms with Crippen molar-refractivity contribution in [2.45, 2.75) is 46.3 Å². The number of aliphatic hydroxyl groups is 1. The van der Waals surface area contributed by atoms with Crippen LogP contribution in [0.5, 0.6) is 0 Å². The maximum atomic E-state index is 10.4. The standard InChI is InChI=1S/C7H14N2O2.C5H12O.C2H6/c1-8-2-3-9(6-11)7(4-8)5-10;1-5(2,3)6-4;1-2/h6-7,10H,2-5H2,1H3;1-4H3;1-2H3. The fourth-order valence-corrected chi connectivity index (χ4v) is 1.33. The van der Waals surface area contributed by atoms with Crippen molar-refractivity contribution in [1.29, 1.82) is 0 Å². The number of piperazine rings is 1. The van der Waals surface area contributed by atoms with Crippen LogP contribution in [-0.4, -0.2) is 73.4 Å². The summed E-state index contributed by atoms with van der Waals surface area (Å²) in [6, 6.07) is -0.00810. The van der Waals surface area contributed by atoms with Gasteiger partial charge in [-0.1, -0.05) is 13.8 Å². The first kappa shape index (κ1) is 20.7. The van der Waals surface area contributed by atoms with Gasteiger partial charge in [0.05, 0.1) is 18.2 Å². The number of amides is 1. The topological polar surface area (TPSA) is 53.0 Å². The summed E-state index contributed by atoms with van der Waals surface area (Å²) in [6.45, 7) is 12.5. The molecule has 1 rings (SSSR count). The van der Waals surface area contributed by atoms with E-state index in [0.29, 0.717) is 0 Å². The predicted molar refractivity (Wildman–Crippen MR) is 79.3 cm³/mol. The number of hydrogen-bond acceptors (Lipinski definition) is 4. The molecule has 0 bridgehead atoms. The first-order valence-electron chi connectivity index (χ1n) is 6.89. The van der Waals surface area contributed by atoms with Gasteiger partial charge in [0.15, 0.2) is 0 Å². The first-order chi connectivity index (χ1) is 8.84. The summed E-state index contributed by atoms with van der Waals surface area (Å²) < 4.78 is 4.94. The Morgan fingerprint density at radius 2 is 1.79 bits per heavy atom. The molecule has 5 nitrogen and oxygen atoms in total. The molecule has 0 radical (unpaired) electrons. The van der Waals surface area contributed by atoms with Gasteiger partial charge in [-0.2, -0.15) is 0 Å². The fourth-order valence-electron chi connectivity index (χ4n) is 1.33. The molecule has 0 aromatic heterocycles. The van der Waals surface area contributed by atoms with Crippen molar-refractivity contribution in [2.24, 2.45) is 0 Å². The molecule has 0 spiro atoms. The molecule has 0 aromatic carbocycles. The van der Waals surface area contributed by atoms with Gasteiger partial charge in [0.2, 0.25) is 6.41 Å². The molecule has 1 aliphatic rings. The number of methoxy groups -OCH3 is 1. The maximum absolute atomic E-state index is 10.4. The highest BCUT2D eigenvalue weighted by Crippen LogP contribution is 2.04. The van der Waals surface area contributed by atoms with Crippen molar-refractivity contribution in [3.63, 3.8) is 0 Å². The largest absolute Gasteiger partial charge is 0.394 e. The summed E-state index contributed by atoms with van der Waals surface area (Å²) in [5.74, 6) is 0. The van der Waals surface area contributed by atoms with Gasteiger partial charge in [0.25, 0.3) is 0 Å². The van der Waals surface area contributed by atoms with Gasteiger partial charge < -0.3 is 19.6 Å². The van der Waals surface area contributed by atoms with Crippen molar-refractivity contribution in [2.75, 3.05) is 40.4 Å². The quantitative estimate of drug-likeness (QED) is 0.770. The normalized spacial score (nSPS) is 19.8. The van der Waals surface area contributed by atoms with Crippen LogP contribution in [0.1, 0.15) is 34.6 Å². The Balaban J connectivity index is 0. The Labute approximate surface area is 118 Å². The zero-order valence-corrected chi connectivity index (χ0v) is 13.6. The highest BCUT2D eigenvalue weighted by atomic mass is 16.5. The van der Waals surface area contributed by atoms with Crippen LogP contribution in [0, 0.1) is 0 Å². The molecule has 0 aromatic rings. The number of carbonyl (C=O) groups is 1. The molecule has 0 saturated carbocycles. The van der Waals surface area contributed by atoms with Crippen molar-refractivity contribution in [3.8, 4) is 0 Å². The second-order valence-corrected chi connectivity index (χ2v) is 5.26. The summed E-state index contributed by atoms with van der Waals surface area (Å²) in [4.78, 5) is 14.2. The monoisotopic (exact) mass is 276 g/mol. The van der Waals surface area contributed by atoms with E-state index in [9.17, 15) is 4.79 Å². The molecular formula is C14H32N2O3. The van der Waals surface area contributed by atoms with Crippen LogP contribution in [0.25, 0.3) is 0 Å². The molecule has 19 heavy (non-hydrogen) atoms. The van der Waals surface area contributed by atoms with E-state index in [-0.39, 0.29) is 18.2 Å². The number of hydrogen-bond donors (Lipinski definition) is 1. The Morgan fingerprint density at radius 1 is 1.32 bits per heavy atom. The van der Waals surface area contributed by atoms with Gasteiger partial charge in [0.1, 0.15) is 0 Å². The van der Waals surface area contributed by atoms with Gasteiger partial charge in [-0.15, -0.1) is 0 Å². The number of carbonyl (C=O) groups excluding carboxylic acids is 1. The average molecular weight is 276 g/mol. The van der Waals surface area contributed by atoms with E-state index in [4.69, 9.17) is 9.84 Å². The van der Waals surface area contributed by atoms with Crippen LogP contribution >= 0.6 is 0 Å². The second kappa shape index (κ2) is 11.2. The molecule has 1 amide bonds. The van der Waals surface area contributed by atoms with E-state index in [0.717, 1.165) is 26.0 Å². The van der Waals surface area contributed by atoms with Gasteiger partial charge in [-0.3, -0.25) is 4.79 Å². The zero-order chi connectivity index (χ0) is 15.5. The molecule has 0 aliphatic carbocycles. The molecule has 1 aliphatic heterocycles. The van der Waals surface area contributed by atoms with E-state index >= 15 is 0 Å². The third-order valence-electron chi connectivity index (χ3n) is 2.69. The number of nitrogens with zero attached hydrogens (tertiary/aromatic N) is 2. The van der Waals surface area contributed by atoms with Crippen LogP contribution in [0.4, 0.5) is 0 Å². The van der Waals surface area contributed by atoms with E-state index in [1.807, 2.05) is 41.7 Å². The van der Waals surface area contributed by atoms with Gasteiger partial charge >= 0.3 is 0 Å². The van der Waals surface area contributed by atoms with Gasteiger partial charge in [-0.05, 0) is 27.8 Å². The summed E-state index contributed by atoms with van der Waals surface area (Å²) in [6.07, 6.45) is 0.813. The number of ether oxygens (including phenoxy) is 1. The first-order valence-corrected chi connectivity index (χ1v) is 6.89. The lowest BCUT2D eigenvalue weighted by molar-refractivity contribution is -0.123. The van der Waals surface area contributed by atoms with Crippen LogP contribution in [0.15, 0.2) is 0 Å². The Bertz CT molecular complexity index is 217. The highest BCUT2D eigenvalue weighted by molar-refractivity contribution is 5.48. The fraction of sp³-hybridized carbons (Fsp3) is 0.929. The number of aliphatic hydroxyl groups excluding tert-OH is 1. The summed E-state index contributed by atoms with van der Waals surface area (Å²) in [7, 11) is 3.70. The smallest absolute Gasteiger partial charge is 0.210 e. The predicted octanol–water partition coefficient (Wildman–Crippen LogP) is 1.21. The van der Waals surface area contributed by atoms with E-state index < -0.39 is 0 Å². The Kier molecular flexibility index (Phi) is 12.2. The van der Waals surface area contributed by atoms with Crippen LogP contribution in [0.2, 0.25) is 0 Å². The summed E-state index contributed by atoms with van der Waals surface area (Å²) >= 11 is 0. The summed E-state index contributed by atoms with van der Waals surface area (Å²) in [5.41, 5.74) is 0.0417. The average Bonchev–Trinajstić information content (AvgIpc) is 2.40. The Morgan fingerprint density at radius 3 is 2.11 bits per heavy atom. The molecule has 116 valence electrons. The molecule has 5 heteroatoms. The molecule has 1 N–H and O–H groups in total. The number of likely N-dealkylation sites (N-methyl/N-ethyl adjacent to an activating group) is 1. The number of rotatable bonds is 2. The van der Waals surface area contributed by atoms with Gasteiger partial charge in [0, 0.05) is 26.7 Å². The minimum absolute atomic E-state index is 0.00810.